The van der Waals surface area contributed by atoms with Gasteiger partial charge in [0.25, 0.3) is 5.91 Å². The molecule has 6 heteroatoms. The fraction of sp³-hybridized carbons (Fsp3) is 0.333. The second-order valence-corrected chi connectivity index (χ2v) is 6.09. The number of carbonyl (C=O) groups is 1. The number of carbonyl (C=O) groups excluding carboxylic acids is 1. The molecule has 0 unspecified atom stereocenters. The van der Waals surface area contributed by atoms with Crippen molar-refractivity contribution in [2.45, 2.75) is 0 Å². The monoisotopic (exact) mass is 349 g/mol. The van der Waals surface area contributed by atoms with Crippen LogP contribution in [0.1, 0.15) is 10.5 Å². The minimum Gasteiger partial charge on any atom is -0.355 e. The van der Waals surface area contributed by atoms with Gasteiger partial charge in [0.1, 0.15) is 0 Å². The number of hydrogen-bond donors (Lipinski definition) is 0. The molecule has 0 aliphatic carbocycles. The van der Waals surface area contributed by atoms with E-state index in [4.69, 9.17) is 4.52 Å². The Labute approximate surface area is 131 Å². The van der Waals surface area contributed by atoms with E-state index in [1.54, 1.807) is 6.07 Å². The maximum atomic E-state index is 12.4. The highest BCUT2D eigenvalue weighted by atomic mass is 79.9. The zero-order valence-electron chi connectivity index (χ0n) is 11.8. The molecule has 0 saturated carbocycles. The molecule has 0 spiro atoms. The Morgan fingerprint density at radius 2 is 1.86 bits per heavy atom. The fourth-order valence-corrected chi connectivity index (χ4v) is 2.56. The lowest BCUT2D eigenvalue weighted by Crippen LogP contribution is -2.47. The molecule has 2 heterocycles. The average Bonchev–Trinajstić information content (AvgIpc) is 2.98. The molecule has 1 amide bonds. The summed E-state index contributed by atoms with van der Waals surface area (Å²) in [5.74, 6) is 0.551. The van der Waals surface area contributed by atoms with Crippen LogP contribution in [0.25, 0.3) is 11.3 Å². The van der Waals surface area contributed by atoms with Crippen molar-refractivity contribution in [1.82, 2.24) is 15.0 Å². The predicted octanol–water partition coefficient (Wildman–Crippen LogP) is 2.49. The quantitative estimate of drug-likeness (QED) is 0.835. The number of amides is 1. The maximum absolute atomic E-state index is 12.4. The number of benzene rings is 1. The third kappa shape index (κ3) is 3.16. The third-order valence-corrected chi connectivity index (χ3v) is 4.18. The Hall–Kier alpha value is -1.66. The first-order valence-electron chi connectivity index (χ1n) is 6.84. The van der Waals surface area contributed by atoms with E-state index in [-0.39, 0.29) is 5.91 Å². The number of aromatic nitrogens is 1. The Bertz CT molecular complexity index is 631. The molecular weight excluding hydrogens is 334 g/mol. The summed E-state index contributed by atoms with van der Waals surface area (Å²) in [6, 6.07) is 9.42. The van der Waals surface area contributed by atoms with Gasteiger partial charge in [0.15, 0.2) is 11.5 Å². The van der Waals surface area contributed by atoms with Crippen LogP contribution in [-0.4, -0.2) is 54.1 Å². The third-order valence-electron chi connectivity index (χ3n) is 3.65. The SMILES string of the molecule is CN1CCN(C(=O)c2cc(-c3ccc(Br)cc3)on2)CC1. The molecular formula is C15H16BrN3O2. The summed E-state index contributed by atoms with van der Waals surface area (Å²) < 4.78 is 6.30. The summed E-state index contributed by atoms with van der Waals surface area (Å²) in [5, 5.41) is 3.92. The van der Waals surface area contributed by atoms with Crippen LogP contribution >= 0.6 is 15.9 Å². The Kier molecular flexibility index (Phi) is 4.07. The molecule has 0 N–H and O–H groups in total. The minimum atomic E-state index is -0.0600. The number of halogens is 1. The van der Waals surface area contributed by atoms with E-state index in [1.165, 1.54) is 0 Å². The van der Waals surface area contributed by atoms with E-state index < -0.39 is 0 Å². The summed E-state index contributed by atoms with van der Waals surface area (Å²) >= 11 is 3.39. The van der Waals surface area contributed by atoms with Crippen molar-refractivity contribution in [3.05, 3.63) is 40.5 Å². The van der Waals surface area contributed by atoms with Gasteiger partial charge in [-0.3, -0.25) is 4.79 Å². The van der Waals surface area contributed by atoms with Gasteiger partial charge in [0, 0.05) is 42.3 Å². The smallest absolute Gasteiger partial charge is 0.276 e. The van der Waals surface area contributed by atoms with Crippen LogP contribution in [0.5, 0.6) is 0 Å². The maximum Gasteiger partial charge on any atom is 0.276 e. The molecule has 110 valence electrons. The molecule has 1 aromatic heterocycles. The summed E-state index contributed by atoms with van der Waals surface area (Å²) in [4.78, 5) is 16.4. The first kappa shape index (κ1) is 14.3. The van der Waals surface area contributed by atoms with Crippen molar-refractivity contribution in [2.75, 3.05) is 33.2 Å². The standard InChI is InChI=1S/C15H16BrN3O2/c1-18-6-8-19(9-7-18)15(20)13-10-14(21-17-13)11-2-4-12(16)5-3-11/h2-5,10H,6-9H2,1H3. The number of likely N-dealkylation sites (N-methyl/N-ethyl adjacent to an activating group) is 1. The molecule has 0 radical (unpaired) electrons. The predicted molar refractivity (Wildman–Crippen MR) is 83.0 cm³/mol. The van der Waals surface area contributed by atoms with E-state index >= 15 is 0 Å². The average molecular weight is 350 g/mol. The van der Waals surface area contributed by atoms with Gasteiger partial charge in [-0.15, -0.1) is 0 Å². The molecule has 21 heavy (non-hydrogen) atoms. The van der Waals surface area contributed by atoms with Gasteiger partial charge < -0.3 is 14.3 Å². The van der Waals surface area contributed by atoms with Gasteiger partial charge in [0.2, 0.25) is 0 Å². The highest BCUT2D eigenvalue weighted by molar-refractivity contribution is 9.10. The van der Waals surface area contributed by atoms with Gasteiger partial charge in [0.05, 0.1) is 0 Å². The molecule has 1 fully saturated rings. The largest absolute Gasteiger partial charge is 0.355 e. The fourth-order valence-electron chi connectivity index (χ4n) is 2.30. The van der Waals surface area contributed by atoms with Gasteiger partial charge in [-0.25, -0.2) is 0 Å². The lowest BCUT2D eigenvalue weighted by atomic mass is 10.1. The first-order chi connectivity index (χ1) is 10.1. The molecule has 0 bridgehead atoms. The summed E-state index contributed by atoms with van der Waals surface area (Å²) in [5.41, 5.74) is 1.28. The summed E-state index contributed by atoms with van der Waals surface area (Å²) in [6.07, 6.45) is 0. The summed E-state index contributed by atoms with van der Waals surface area (Å²) in [7, 11) is 2.06. The van der Waals surface area contributed by atoms with Crippen LogP contribution in [0.15, 0.2) is 39.3 Å². The molecule has 3 rings (SSSR count). The van der Waals surface area contributed by atoms with Crippen LogP contribution in [0.4, 0.5) is 0 Å². The normalized spacial score (nSPS) is 16.2. The van der Waals surface area contributed by atoms with Crippen LogP contribution < -0.4 is 0 Å². The lowest BCUT2D eigenvalue weighted by molar-refractivity contribution is 0.0654. The number of hydrogen-bond acceptors (Lipinski definition) is 4. The minimum absolute atomic E-state index is 0.0600. The Balaban J connectivity index is 1.75. The summed E-state index contributed by atoms with van der Waals surface area (Å²) in [6.45, 7) is 3.25. The lowest BCUT2D eigenvalue weighted by Gasteiger charge is -2.31. The highest BCUT2D eigenvalue weighted by Gasteiger charge is 2.23. The zero-order chi connectivity index (χ0) is 14.8. The van der Waals surface area contributed by atoms with E-state index in [2.05, 4.69) is 33.0 Å². The van der Waals surface area contributed by atoms with E-state index in [9.17, 15) is 4.79 Å². The van der Waals surface area contributed by atoms with Crippen LogP contribution in [-0.2, 0) is 0 Å². The van der Waals surface area contributed by atoms with Crippen molar-refractivity contribution in [2.24, 2.45) is 0 Å². The van der Waals surface area contributed by atoms with Crippen LogP contribution in [0.2, 0.25) is 0 Å². The second-order valence-electron chi connectivity index (χ2n) is 5.18. The number of nitrogens with zero attached hydrogens (tertiary/aromatic N) is 3. The molecule has 5 nitrogen and oxygen atoms in total. The van der Waals surface area contributed by atoms with E-state index in [0.29, 0.717) is 11.5 Å². The molecule has 1 aliphatic heterocycles. The molecule has 1 aliphatic rings. The van der Waals surface area contributed by atoms with Crippen LogP contribution in [0.3, 0.4) is 0 Å². The van der Waals surface area contributed by atoms with Gasteiger partial charge >= 0.3 is 0 Å². The topological polar surface area (TPSA) is 49.6 Å². The molecule has 0 atom stereocenters. The van der Waals surface area contributed by atoms with Crippen LogP contribution in [0, 0.1) is 0 Å². The van der Waals surface area contributed by atoms with Gasteiger partial charge in [-0.2, -0.15) is 0 Å². The first-order valence-corrected chi connectivity index (χ1v) is 7.63. The molecule has 1 aromatic carbocycles. The Morgan fingerprint density at radius 1 is 1.19 bits per heavy atom. The van der Waals surface area contributed by atoms with Crippen molar-refractivity contribution in [3.8, 4) is 11.3 Å². The molecule has 1 saturated heterocycles. The van der Waals surface area contributed by atoms with Gasteiger partial charge in [-0.05, 0) is 19.2 Å². The number of rotatable bonds is 2. The Morgan fingerprint density at radius 3 is 2.52 bits per heavy atom. The second kappa shape index (κ2) is 5.99. The van der Waals surface area contributed by atoms with Crippen molar-refractivity contribution in [3.63, 3.8) is 0 Å². The highest BCUT2D eigenvalue weighted by Crippen LogP contribution is 2.23. The van der Waals surface area contributed by atoms with Crippen molar-refractivity contribution >= 4 is 21.8 Å². The molecule has 2 aromatic rings. The van der Waals surface area contributed by atoms with Gasteiger partial charge in [-0.1, -0.05) is 33.2 Å². The van der Waals surface area contributed by atoms with Crippen molar-refractivity contribution in [1.29, 1.82) is 0 Å². The number of piperazine rings is 1. The van der Waals surface area contributed by atoms with E-state index in [1.807, 2.05) is 29.2 Å². The van der Waals surface area contributed by atoms with Crippen molar-refractivity contribution < 1.29 is 9.32 Å². The van der Waals surface area contributed by atoms with E-state index in [0.717, 1.165) is 36.2 Å². The zero-order valence-corrected chi connectivity index (χ0v) is 13.3.